The standard InChI is InChI=1S/C17H28N2O2/c1-10(2)7-15(19-16(20)11(3)4)17(21)18-14-9-12-5-6-13(14)8-12/h10,12-15H,3,5-9H2,1-2,4H3,(H,18,21)(H,19,20)/t12-,13-,14-,15-/m0/s1. The van der Waals surface area contributed by atoms with Gasteiger partial charge in [-0.05, 0) is 50.4 Å². The molecule has 118 valence electrons. The van der Waals surface area contributed by atoms with Crippen LogP contribution in [0.25, 0.3) is 0 Å². The first-order chi connectivity index (χ1) is 9.86. The minimum absolute atomic E-state index is 0.0316. The maximum atomic E-state index is 12.5. The lowest BCUT2D eigenvalue weighted by Gasteiger charge is -2.27. The Morgan fingerprint density at radius 2 is 1.95 bits per heavy atom. The van der Waals surface area contributed by atoms with Crippen LogP contribution in [0.1, 0.15) is 52.9 Å². The third-order valence-electron chi connectivity index (χ3n) is 4.78. The highest BCUT2D eigenvalue weighted by Crippen LogP contribution is 2.44. The first-order valence-electron chi connectivity index (χ1n) is 8.13. The first-order valence-corrected chi connectivity index (χ1v) is 8.13. The van der Waals surface area contributed by atoms with Crippen molar-refractivity contribution in [2.24, 2.45) is 17.8 Å². The molecular weight excluding hydrogens is 264 g/mol. The van der Waals surface area contributed by atoms with Gasteiger partial charge in [0.2, 0.25) is 11.8 Å². The summed E-state index contributed by atoms with van der Waals surface area (Å²) in [4.78, 5) is 24.3. The number of carbonyl (C=O) groups excluding carboxylic acids is 2. The first kappa shape index (κ1) is 16.1. The van der Waals surface area contributed by atoms with Gasteiger partial charge in [-0.25, -0.2) is 0 Å². The van der Waals surface area contributed by atoms with Gasteiger partial charge in [-0.3, -0.25) is 9.59 Å². The van der Waals surface area contributed by atoms with Crippen molar-refractivity contribution in [1.29, 1.82) is 0 Å². The number of carbonyl (C=O) groups is 2. The lowest BCUT2D eigenvalue weighted by molar-refractivity contribution is -0.128. The van der Waals surface area contributed by atoms with Gasteiger partial charge in [-0.15, -0.1) is 0 Å². The molecule has 0 unspecified atom stereocenters. The van der Waals surface area contributed by atoms with E-state index in [0.29, 0.717) is 29.9 Å². The van der Waals surface area contributed by atoms with Crippen LogP contribution in [-0.4, -0.2) is 23.9 Å². The van der Waals surface area contributed by atoms with E-state index < -0.39 is 6.04 Å². The van der Waals surface area contributed by atoms with Crippen LogP contribution in [-0.2, 0) is 9.59 Å². The molecule has 0 heterocycles. The molecule has 2 rings (SSSR count). The van der Waals surface area contributed by atoms with E-state index >= 15 is 0 Å². The summed E-state index contributed by atoms with van der Waals surface area (Å²) >= 11 is 0. The number of fused-ring (bicyclic) bond motifs is 2. The summed E-state index contributed by atoms with van der Waals surface area (Å²) < 4.78 is 0. The normalized spacial score (nSPS) is 28.5. The second-order valence-corrected chi connectivity index (χ2v) is 7.23. The monoisotopic (exact) mass is 292 g/mol. The molecule has 0 spiro atoms. The van der Waals surface area contributed by atoms with Crippen molar-refractivity contribution < 1.29 is 9.59 Å². The fourth-order valence-electron chi connectivity index (χ4n) is 3.69. The largest absolute Gasteiger partial charge is 0.351 e. The molecule has 4 nitrogen and oxygen atoms in total. The van der Waals surface area contributed by atoms with E-state index in [9.17, 15) is 9.59 Å². The fraction of sp³-hybridized carbons (Fsp3) is 0.765. The van der Waals surface area contributed by atoms with Crippen molar-refractivity contribution in [2.45, 2.75) is 65.0 Å². The highest BCUT2D eigenvalue weighted by atomic mass is 16.2. The smallest absolute Gasteiger partial charge is 0.246 e. The van der Waals surface area contributed by atoms with Crippen molar-refractivity contribution in [1.82, 2.24) is 10.6 Å². The molecule has 21 heavy (non-hydrogen) atoms. The Balaban J connectivity index is 1.93. The van der Waals surface area contributed by atoms with Crippen LogP contribution in [0, 0.1) is 17.8 Å². The lowest BCUT2D eigenvalue weighted by Crippen LogP contribution is -2.51. The van der Waals surface area contributed by atoms with Crippen molar-refractivity contribution in [3.8, 4) is 0 Å². The van der Waals surface area contributed by atoms with Crippen LogP contribution in [0.5, 0.6) is 0 Å². The van der Waals surface area contributed by atoms with Crippen LogP contribution >= 0.6 is 0 Å². The third-order valence-corrected chi connectivity index (χ3v) is 4.78. The quantitative estimate of drug-likeness (QED) is 0.739. The molecule has 2 aliphatic carbocycles. The molecule has 4 heteroatoms. The lowest BCUT2D eigenvalue weighted by atomic mass is 9.94. The topological polar surface area (TPSA) is 58.2 Å². The molecule has 0 aromatic heterocycles. The molecular formula is C17H28N2O2. The average molecular weight is 292 g/mol. The van der Waals surface area contributed by atoms with Gasteiger partial charge in [0.05, 0.1) is 0 Å². The molecule has 2 amide bonds. The van der Waals surface area contributed by atoms with Crippen LogP contribution in [0.15, 0.2) is 12.2 Å². The zero-order valence-corrected chi connectivity index (χ0v) is 13.4. The van der Waals surface area contributed by atoms with E-state index in [0.717, 1.165) is 12.3 Å². The summed E-state index contributed by atoms with van der Waals surface area (Å²) in [5, 5.41) is 5.99. The molecule has 4 atom stereocenters. The maximum Gasteiger partial charge on any atom is 0.246 e. The summed E-state index contributed by atoms with van der Waals surface area (Å²) in [6.07, 6.45) is 5.59. The number of hydrogen-bond acceptors (Lipinski definition) is 2. The van der Waals surface area contributed by atoms with Gasteiger partial charge in [-0.1, -0.05) is 26.8 Å². The molecule has 2 saturated carbocycles. The van der Waals surface area contributed by atoms with E-state index in [1.54, 1.807) is 6.92 Å². The number of hydrogen-bond donors (Lipinski definition) is 2. The average Bonchev–Trinajstić information content (AvgIpc) is 2.99. The predicted molar refractivity (Wildman–Crippen MR) is 83.6 cm³/mol. The Morgan fingerprint density at radius 3 is 2.43 bits per heavy atom. The van der Waals surface area contributed by atoms with Crippen molar-refractivity contribution >= 4 is 11.8 Å². The van der Waals surface area contributed by atoms with E-state index in [1.165, 1.54) is 19.3 Å². The highest BCUT2D eigenvalue weighted by Gasteiger charge is 2.40. The highest BCUT2D eigenvalue weighted by molar-refractivity contribution is 5.96. The second kappa shape index (κ2) is 6.63. The molecule has 2 aliphatic rings. The van der Waals surface area contributed by atoms with Gasteiger partial charge in [0.1, 0.15) is 6.04 Å². The summed E-state index contributed by atoms with van der Waals surface area (Å²) in [5.41, 5.74) is 0.441. The molecule has 0 aromatic carbocycles. The van der Waals surface area contributed by atoms with Crippen LogP contribution in [0.2, 0.25) is 0 Å². The summed E-state index contributed by atoms with van der Waals surface area (Å²) in [7, 11) is 0. The number of amides is 2. The number of rotatable bonds is 6. The SMILES string of the molecule is C=C(C)C(=O)N[C@@H](CC(C)C)C(=O)N[C@H]1C[C@H]2CC[C@H]1C2. The number of nitrogens with one attached hydrogen (secondary N) is 2. The van der Waals surface area contributed by atoms with E-state index in [2.05, 4.69) is 31.1 Å². The molecule has 0 saturated heterocycles. The van der Waals surface area contributed by atoms with E-state index in [1.807, 2.05) is 0 Å². The summed E-state index contributed by atoms with van der Waals surface area (Å²) in [6, 6.07) is -0.138. The minimum Gasteiger partial charge on any atom is -0.351 e. The fourth-order valence-corrected chi connectivity index (χ4v) is 3.69. The van der Waals surface area contributed by atoms with Gasteiger partial charge in [0, 0.05) is 11.6 Å². The van der Waals surface area contributed by atoms with Gasteiger partial charge in [0.25, 0.3) is 0 Å². The van der Waals surface area contributed by atoms with Gasteiger partial charge >= 0.3 is 0 Å². The van der Waals surface area contributed by atoms with Crippen LogP contribution in [0.4, 0.5) is 0 Å². The van der Waals surface area contributed by atoms with Crippen molar-refractivity contribution in [3.63, 3.8) is 0 Å². The van der Waals surface area contributed by atoms with Crippen molar-refractivity contribution in [3.05, 3.63) is 12.2 Å². The van der Waals surface area contributed by atoms with Gasteiger partial charge in [-0.2, -0.15) is 0 Å². The third kappa shape index (κ3) is 4.08. The molecule has 2 N–H and O–H groups in total. The molecule has 0 aromatic rings. The Bertz CT molecular complexity index is 431. The van der Waals surface area contributed by atoms with Gasteiger partial charge in [0.15, 0.2) is 0 Å². The molecule has 0 aliphatic heterocycles. The van der Waals surface area contributed by atoms with E-state index in [4.69, 9.17) is 0 Å². The Morgan fingerprint density at radius 1 is 1.24 bits per heavy atom. The van der Waals surface area contributed by atoms with E-state index in [-0.39, 0.29) is 11.8 Å². The maximum absolute atomic E-state index is 12.5. The van der Waals surface area contributed by atoms with Gasteiger partial charge < -0.3 is 10.6 Å². The predicted octanol–water partition coefficient (Wildman–Crippen LogP) is 2.40. The minimum atomic E-state index is -0.451. The Kier molecular flexibility index (Phi) is 5.07. The molecule has 0 radical (unpaired) electrons. The Labute approximate surface area is 127 Å². The molecule has 2 bridgehead atoms. The zero-order chi connectivity index (χ0) is 15.6. The Hall–Kier alpha value is -1.32. The summed E-state index contributed by atoms with van der Waals surface area (Å²) in [5.74, 6) is 1.54. The summed E-state index contributed by atoms with van der Waals surface area (Å²) in [6.45, 7) is 9.42. The van der Waals surface area contributed by atoms with Crippen LogP contribution in [0.3, 0.4) is 0 Å². The van der Waals surface area contributed by atoms with Crippen LogP contribution < -0.4 is 10.6 Å². The van der Waals surface area contributed by atoms with Crippen molar-refractivity contribution in [2.75, 3.05) is 0 Å². The molecule has 2 fully saturated rings. The second-order valence-electron chi connectivity index (χ2n) is 7.23. The zero-order valence-electron chi connectivity index (χ0n) is 13.4.